The van der Waals surface area contributed by atoms with Gasteiger partial charge in [0.2, 0.25) is 5.91 Å². The maximum Gasteiger partial charge on any atom is 0.227 e. The summed E-state index contributed by atoms with van der Waals surface area (Å²) in [5.74, 6) is 0.800. The Labute approximate surface area is 196 Å². The van der Waals surface area contributed by atoms with Gasteiger partial charge in [-0.3, -0.25) is 4.79 Å². The minimum atomic E-state index is -3.12. The molecule has 0 bridgehead atoms. The lowest BCUT2D eigenvalue weighted by molar-refractivity contribution is -0.133. The van der Waals surface area contributed by atoms with Crippen LogP contribution >= 0.6 is 15.9 Å². The van der Waals surface area contributed by atoms with E-state index >= 15 is 0 Å². The van der Waals surface area contributed by atoms with E-state index in [1.165, 1.54) is 0 Å². The Hall–Kier alpha value is -2.32. The Kier molecular flexibility index (Phi) is 6.90. The highest BCUT2D eigenvalue weighted by Crippen LogP contribution is 2.27. The number of benzene rings is 2. The van der Waals surface area contributed by atoms with Crippen molar-refractivity contribution >= 4 is 42.6 Å². The Balaban J connectivity index is 1.56. The van der Waals surface area contributed by atoms with Crippen molar-refractivity contribution in [3.8, 4) is 5.75 Å². The first-order valence-electron chi connectivity index (χ1n) is 10.7. The summed E-state index contributed by atoms with van der Waals surface area (Å²) in [6.07, 6.45) is 3.15. The highest BCUT2D eigenvalue weighted by atomic mass is 79.9. The number of carbonyl (C=O) groups excluding carboxylic acids is 1. The summed E-state index contributed by atoms with van der Waals surface area (Å²) in [6.45, 7) is 3.06. The van der Waals surface area contributed by atoms with Gasteiger partial charge < -0.3 is 14.1 Å². The molecule has 3 aromatic rings. The molecule has 1 aliphatic rings. The van der Waals surface area contributed by atoms with Crippen LogP contribution in [0.3, 0.4) is 0 Å². The molecule has 4 rings (SSSR count). The summed E-state index contributed by atoms with van der Waals surface area (Å²) >= 11 is 3.46. The number of nitrogens with zero attached hydrogens (tertiary/aromatic N) is 1. The van der Waals surface area contributed by atoms with Gasteiger partial charge in [0.1, 0.15) is 11.3 Å². The molecule has 170 valence electrons. The zero-order valence-electron chi connectivity index (χ0n) is 17.9. The number of rotatable bonds is 8. The fraction of sp³-hybridized carbons (Fsp3) is 0.375. The summed E-state index contributed by atoms with van der Waals surface area (Å²) in [5.41, 5.74) is 2.44. The first-order chi connectivity index (χ1) is 15.3. The quantitative estimate of drug-likeness (QED) is 0.429. The van der Waals surface area contributed by atoms with Crippen LogP contribution in [-0.4, -0.2) is 43.4 Å². The molecule has 1 fully saturated rings. The second kappa shape index (κ2) is 9.67. The summed E-state index contributed by atoms with van der Waals surface area (Å²) in [7, 11) is -3.12. The maximum atomic E-state index is 13.4. The third-order valence-electron chi connectivity index (χ3n) is 5.68. The van der Waals surface area contributed by atoms with Gasteiger partial charge in [-0.15, -0.1) is 0 Å². The number of ether oxygens (including phenoxy) is 1. The van der Waals surface area contributed by atoms with Crippen molar-refractivity contribution in [1.82, 2.24) is 4.90 Å². The average Bonchev–Trinajstić information content (AvgIpc) is 3.33. The second-order valence-electron chi connectivity index (χ2n) is 8.15. The molecular formula is C24H26BrNO5S. The van der Waals surface area contributed by atoms with Crippen LogP contribution in [0.4, 0.5) is 0 Å². The van der Waals surface area contributed by atoms with Crippen molar-refractivity contribution in [2.24, 2.45) is 0 Å². The molecule has 8 heteroatoms. The van der Waals surface area contributed by atoms with Gasteiger partial charge in [-0.2, -0.15) is 0 Å². The van der Waals surface area contributed by atoms with Gasteiger partial charge in [0, 0.05) is 28.0 Å². The van der Waals surface area contributed by atoms with Crippen LogP contribution in [0.1, 0.15) is 30.9 Å². The lowest BCUT2D eigenvalue weighted by atomic mass is 10.1. The molecule has 0 spiro atoms. The number of hydrogen-bond donors (Lipinski definition) is 0. The highest BCUT2D eigenvalue weighted by molar-refractivity contribution is 9.10. The molecule has 1 atom stereocenters. The van der Waals surface area contributed by atoms with Crippen molar-refractivity contribution < 1.29 is 22.4 Å². The highest BCUT2D eigenvalue weighted by Gasteiger charge is 2.35. The van der Waals surface area contributed by atoms with Gasteiger partial charge in [0.05, 0.1) is 30.8 Å². The van der Waals surface area contributed by atoms with Gasteiger partial charge in [-0.25, -0.2) is 8.42 Å². The number of fused-ring (bicyclic) bond motifs is 1. The zero-order chi connectivity index (χ0) is 22.7. The number of sulfone groups is 1. The second-order valence-corrected chi connectivity index (χ2v) is 11.3. The molecule has 0 aliphatic carbocycles. The number of furan rings is 1. The molecular weight excluding hydrogens is 494 g/mol. The summed E-state index contributed by atoms with van der Waals surface area (Å²) in [5, 5.41) is 0.879. The van der Waals surface area contributed by atoms with Crippen LogP contribution in [0.25, 0.3) is 11.0 Å². The van der Waals surface area contributed by atoms with Crippen molar-refractivity contribution in [3.05, 3.63) is 64.3 Å². The number of halogens is 1. The Morgan fingerprint density at radius 2 is 2.00 bits per heavy atom. The lowest BCUT2D eigenvalue weighted by Gasteiger charge is -2.28. The molecule has 1 unspecified atom stereocenters. The fourth-order valence-corrected chi connectivity index (χ4v) is 6.10. The van der Waals surface area contributed by atoms with Crippen molar-refractivity contribution in [1.29, 1.82) is 0 Å². The van der Waals surface area contributed by atoms with E-state index in [2.05, 4.69) is 22.9 Å². The van der Waals surface area contributed by atoms with E-state index in [1.54, 1.807) is 11.2 Å². The van der Waals surface area contributed by atoms with Crippen LogP contribution in [0.5, 0.6) is 5.75 Å². The topological polar surface area (TPSA) is 76.8 Å². The number of amides is 1. The van der Waals surface area contributed by atoms with Gasteiger partial charge in [0.15, 0.2) is 9.84 Å². The van der Waals surface area contributed by atoms with Crippen LogP contribution in [0, 0.1) is 0 Å². The number of carbonyl (C=O) groups is 1. The summed E-state index contributed by atoms with van der Waals surface area (Å²) in [4.78, 5) is 15.1. The molecule has 1 amide bonds. The van der Waals surface area contributed by atoms with Gasteiger partial charge in [0.25, 0.3) is 0 Å². The van der Waals surface area contributed by atoms with Crippen LogP contribution in [0.15, 0.2) is 57.6 Å². The molecule has 1 aromatic heterocycles. The average molecular weight is 520 g/mol. The van der Waals surface area contributed by atoms with Gasteiger partial charge in [-0.1, -0.05) is 35.0 Å². The van der Waals surface area contributed by atoms with Crippen molar-refractivity contribution in [2.45, 2.75) is 38.8 Å². The van der Waals surface area contributed by atoms with E-state index in [4.69, 9.17) is 9.15 Å². The van der Waals surface area contributed by atoms with Gasteiger partial charge in [-0.05, 0) is 48.7 Å². The molecule has 1 aliphatic heterocycles. The Morgan fingerprint density at radius 1 is 1.22 bits per heavy atom. The third-order valence-corrected chi connectivity index (χ3v) is 7.92. The van der Waals surface area contributed by atoms with E-state index in [1.807, 2.05) is 42.5 Å². The summed E-state index contributed by atoms with van der Waals surface area (Å²) in [6, 6.07) is 13.0. The third kappa shape index (κ3) is 5.35. The van der Waals surface area contributed by atoms with Crippen molar-refractivity contribution in [2.75, 3.05) is 18.1 Å². The molecule has 6 nitrogen and oxygen atoms in total. The molecule has 0 saturated carbocycles. The normalized spacial score (nSPS) is 17.5. The van der Waals surface area contributed by atoms with E-state index < -0.39 is 9.84 Å². The van der Waals surface area contributed by atoms with E-state index in [9.17, 15) is 13.2 Å². The predicted octanol–water partition coefficient (Wildman–Crippen LogP) is 4.74. The molecule has 1 saturated heterocycles. The minimum Gasteiger partial charge on any atom is -0.494 e. The molecule has 2 aromatic carbocycles. The first kappa shape index (κ1) is 22.9. The predicted molar refractivity (Wildman–Crippen MR) is 127 cm³/mol. The van der Waals surface area contributed by atoms with Crippen LogP contribution < -0.4 is 4.74 Å². The van der Waals surface area contributed by atoms with Gasteiger partial charge >= 0.3 is 0 Å². The molecule has 0 N–H and O–H groups in total. The maximum absolute atomic E-state index is 13.4. The minimum absolute atomic E-state index is 0.00805. The summed E-state index contributed by atoms with van der Waals surface area (Å²) < 4.78 is 36.4. The van der Waals surface area contributed by atoms with Crippen molar-refractivity contribution in [3.63, 3.8) is 0 Å². The number of hydrogen-bond acceptors (Lipinski definition) is 5. The van der Waals surface area contributed by atoms with Crippen LogP contribution in [-0.2, 0) is 27.6 Å². The Bertz CT molecular complexity index is 1200. The molecule has 0 radical (unpaired) electrons. The lowest BCUT2D eigenvalue weighted by Crippen LogP contribution is -2.41. The van der Waals surface area contributed by atoms with E-state index in [-0.39, 0.29) is 29.9 Å². The van der Waals surface area contributed by atoms with Crippen LogP contribution in [0.2, 0.25) is 0 Å². The fourth-order valence-electron chi connectivity index (χ4n) is 4.01. The van der Waals surface area contributed by atoms with E-state index in [0.717, 1.165) is 33.2 Å². The monoisotopic (exact) mass is 519 g/mol. The zero-order valence-corrected chi connectivity index (χ0v) is 20.3. The SMILES string of the molecule is CCCOc1ccc(CN(C(=O)Cc2coc3ccc(Br)cc23)C2CCS(=O)(=O)C2)cc1. The largest absolute Gasteiger partial charge is 0.494 e. The molecule has 32 heavy (non-hydrogen) atoms. The molecule has 2 heterocycles. The smallest absolute Gasteiger partial charge is 0.227 e. The van der Waals surface area contributed by atoms with E-state index in [0.29, 0.717) is 25.2 Å². The standard InChI is InChI=1S/C24H26BrNO5S/c1-2-10-30-21-6-3-17(4-7-21)14-26(20-9-11-32(28,29)16-20)24(27)12-18-15-31-23-8-5-19(25)13-22(18)23/h3-8,13,15,20H,2,9-12,14,16H2,1H3. The Morgan fingerprint density at radius 3 is 2.69 bits per heavy atom. The first-order valence-corrected chi connectivity index (χ1v) is 13.3.